The molecule has 0 rings (SSSR count). The molecule has 3 atom stereocenters. The summed E-state index contributed by atoms with van der Waals surface area (Å²) >= 11 is 0. The first-order chi connectivity index (χ1) is 36.2. The summed E-state index contributed by atoms with van der Waals surface area (Å²) in [6.07, 6.45) is 65.1. The van der Waals surface area contributed by atoms with E-state index >= 15 is 0 Å². The fraction of sp³-hybridized carbons (Fsp3) is 0.694. The average Bonchev–Trinajstić information content (AvgIpc) is 3.39. The molecule has 0 aromatic heterocycles. The van der Waals surface area contributed by atoms with Crippen LogP contribution in [0.25, 0.3) is 0 Å². The van der Waals surface area contributed by atoms with Crippen molar-refractivity contribution in [2.45, 2.75) is 251 Å². The molecule has 74 heavy (non-hydrogen) atoms. The molecule has 0 aromatic carbocycles. The van der Waals surface area contributed by atoms with E-state index in [1.54, 1.807) is 0 Å². The smallest absolute Gasteiger partial charge is 0.462 e. The fourth-order valence-electron chi connectivity index (χ4n) is 7.59. The molecule has 0 amide bonds. The maximum atomic E-state index is 12.9. The van der Waals surface area contributed by atoms with E-state index in [0.717, 1.165) is 122 Å². The summed E-state index contributed by atoms with van der Waals surface area (Å²) < 4.78 is 39.5. The molecule has 0 radical (unpaired) electrons. The van der Waals surface area contributed by atoms with E-state index < -0.39 is 57.8 Å². The third kappa shape index (κ3) is 53.2. The van der Waals surface area contributed by atoms with Crippen LogP contribution >= 0.6 is 7.82 Å². The molecule has 424 valence electrons. The molecular formula is C62H105O11P. The first-order valence-corrected chi connectivity index (χ1v) is 30.6. The Bertz CT molecular complexity index is 1610. The van der Waals surface area contributed by atoms with Gasteiger partial charge >= 0.3 is 25.7 Å². The van der Waals surface area contributed by atoms with Crippen molar-refractivity contribution in [2.24, 2.45) is 0 Å². The van der Waals surface area contributed by atoms with Crippen LogP contribution < -0.4 is 0 Å². The van der Waals surface area contributed by atoms with Crippen molar-refractivity contribution in [2.75, 3.05) is 26.4 Å². The highest BCUT2D eigenvalue weighted by molar-refractivity contribution is 7.47. The van der Waals surface area contributed by atoms with E-state index in [9.17, 15) is 28.9 Å². The van der Waals surface area contributed by atoms with E-state index in [4.69, 9.17) is 23.3 Å². The summed E-state index contributed by atoms with van der Waals surface area (Å²) in [4.78, 5) is 48.5. The van der Waals surface area contributed by atoms with Gasteiger partial charge in [-0.15, -0.1) is 0 Å². The summed E-state index contributed by atoms with van der Waals surface area (Å²) in [5, 5.41) is 9.81. The molecule has 12 heteroatoms. The molecule has 0 aliphatic rings. The lowest BCUT2D eigenvalue weighted by Gasteiger charge is -2.21. The van der Waals surface area contributed by atoms with Crippen molar-refractivity contribution >= 4 is 25.7 Å². The number of carbonyl (C=O) groups excluding carboxylic acids is 3. The fourth-order valence-corrected chi connectivity index (χ4v) is 8.37. The first-order valence-electron chi connectivity index (χ1n) is 29.1. The van der Waals surface area contributed by atoms with Crippen molar-refractivity contribution in [1.82, 2.24) is 0 Å². The zero-order valence-corrected chi connectivity index (χ0v) is 47.7. The topological polar surface area (TPSA) is 155 Å². The Morgan fingerprint density at radius 1 is 0.392 bits per heavy atom. The van der Waals surface area contributed by atoms with E-state index in [-0.39, 0.29) is 25.9 Å². The van der Waals surface area contributed by atoms with Crippen LogP contribution in [0.15, 0.2) is 97.2 Å². The molecule has 2 N–H and O–H groups in total. The van der Waals surface area contributed by atoms with Crippen LogP contribution in [0.2, 0.25) is 0 Å². The lowest BCUT2D eigenvalue weighted by atomic mass is 10.1. The number of phosphoric ester groups is 1. The van der Waals surface area contributed by atoms with Crippen LogP contribution in [0.3, 0.4) is 0 Å². The van der Waals surface area contributed by atoms with Gasteiger partial charge in [0.25, 0.3) is 0 Å². The van der Waals surface area contributed by atoms with Crippen LogP contribution in [0, 0.1) is 0 Å². The second-order valence-electron chi connectivity index (χ2n) is 19.0. The normalized spacial score (nSPS) is 14.1. The van der Waals surface area contributed by atoms with Crippen LogP contribution in [-0.4, -0.2) is 66.5 Å². The zero-order valence-electron chi connectivity index (χ0n) is 46.8. The highest BCUT2D eigenvalue weighted by atomic mass is 31.2. The summed E-state index contributed by atoms with van der Waals surface area (Å²) in [6.45, 7) is 4.34. The van der Waals surface area contributed by atoms with Gasteiger partial charge in [-0.1, -0.05) is 201 Å². The molecule has 0 heterocycles. The van der Waals surface area contributed by atoms with Gasteiger partial charge in [-0.25, -0.2) is 4.57 Å². The van der Waals surface area contributed by atoms with Gasteiger partial charge in [0.1, 0.15) is 12.7 Å². The molecule has 0 aliphatic carbocycles. The summed E-state index contributed by atoms with van der Waals surface area (Å²) in [5.74, 6) is -1.54. The monoisotopic (exact) mass is 1060 g/mol. The van der Waals surface area contributed by atoms with Crippen molar-refractivity contribution in [3.63, 3.8) is 0 Å². The van der Waals surface area contributed by atoms with E-state index in [1.165, 1.54) is 57.8 Å². The lowest BCUT2D eigenvalue weighted by Crippen LogP contribution is -2.30. The summed E-state index contributed by atoms with van der Waals surface area (Å²) in [5.41, 5.74) is 0. The number of allylic oxidation sites excluding steroid dienone is 16. The molecule has 0 aliphatic heterocycles. The largest absolute Gasteiger partial charge is 0.472 e. The summed E-state index contributed by atoms with van der Waals surface area (Å²) in [7, 11) is -4.77. The van der Waals surface area contributed by atoms with Gasteiger partial charge in [0, 0.05) is 19.3 Å². The van der Waals surface area contributed by atoms with Gasteiger partial charge in [-0.2, -0.15) is 0 Å². The van der Waals surface area contributed by atoms with Crippen LogP contribution in [0.5, 0.6) is 0 Å². The van der Waals surface area contributed by atoms with Gasteiger partial charge in [0.15, 0.2) is 6.10 Å². The Hall–Kier alpha value is -3.60. The molecular weight excluding hydrogens is 952 g/mol. The molecule has 11 nitrogen and oxygen atoms in total. The van der Waals surface area contributed by atoms with Gasteiger partial charge in [0.05, 0.1) is 19.8 Å². The van der Waals surface area contributed by atoms with E-state index in [2.05, 4.69) is 118 Å². The van der Waals surface area contributed by atoms with Crippen molar-refractivity contribution in [3.8, 4) is 0 Å². The molecule has 0 fully saturated rings. The van der Waals surface area contributed by atoms with Gasteiger partial charge in [-0.3, -0.25) is 23.4 Å². The Morgan fingerprint density at radius 2 is 0.703 bits per heavy atom. The number of unbranched alkanes of at least 4 members (excludes halogenated alkanes) is 20. The number of hydrogen-bond donors (Lipinski definition) is 2. The average molecular weight is 1060 g/mol. The number of carbonyl (C=O) groups is 3. The quantitative estimate of drug-likeness (QED) is 0.0197. The second-order valence-corrected chi connectivity index (χ2v) is 20.5. The van der Waals surface area contributed by atoms with Gasteiger partial charge in [0.2, 0.25) is 0 Å². The Kier molecular flexibility index (Phi) is 52.9. The maximum absolute atomic E-state index is 12.9. The minimum Gasteiger partial charge on any atom is -0.462 e. The molecule has 0 aromatic rings. The second kappa shape index (κ2) is 55.6. The van der Waals surface area contributed by atoms with Crippen molar-refractivity contribution < 1.29 is 52.2 Å². The lowest BCUT2D eigenvalue weighted by molar-refractivity contribution is -0.161. The minimum atomic E-state index is -4.77. The van der Waals surface area contributed by atoms with Crippen LogP contribution in [-0.2, 0) is 42.2 Å². The first kappa shape index (κ1) is 70.4. The predicted octanol–water partition coefficient (Wildman–Crippen LogP) is 17.3. The number of esters is 3. The maximum Gasteiger partial charge on any atom is 0.472 e. The van der Waals surface area contributed by atoms with Gasteiger partial charge < -0.3 is 24.2 Å². The predicted molar refractivity (Wildman–Crippen MR) is 307 cm³/mol. The number of aliphatic hydroxyl groups excluding tert-OH is 1. The van der Waals surface area contributed by atoms with Crippen molar-refractivity contribution in [3.05, 3.63) is 97.2 Å². The Balaban J connectivity index is 4.80. The number of aliphatic hydroxyl groups is 1. The number of phosphoric acid groups is 1. The number of ether oxygens (including phenoxy) is 3. The van der Waals surface area contributed by atoms with E-state index in [0.29, 0.717) is 19.3 Å². The van der Waals surface area contributed by atoms with Gasteiger partial charge in [-0.05, 0) is 116 Å². The number of rotatable bonds is 53. The molecule has 0 saturated heterocycles. The van der Waals surface area contributed by atoms with E-state index in [1.807, 2.05) is 0 Å². The Labute approximate surface area is 451 Å². The highest BCUT2D eigenvalue weighted by Gasteiger charge is 2.28. The number of hydrogen-bond acceptors (Lipinski definition) is 10. The van der Waals surface area contributed by atoms with Crippen LogP contribution in [0.1, 0.15) is 239 Å². The molecule has 0 spiro atoms. The van der Waals surface area contributed by atoms with Crippen LogP contribution in [0.4, 0.5) is 0 Å². The zero-order chi connectivity index (χ0) is 54.1. The molecule has 0 saturated carbocycles. The highest BCUT2D eigenvalue weighted by Crippen LogP contribution is 2.43. The SMILES string of the molecule is CC/C=C\C/C=C\C/C=C\C/C=C\CCCCC(=O)OCC(COP(=O)(O)OCC(CO)OC(=O)CCCCCCC/C=C\C/C=C\C/C=C\CC)OC(=O)CCCCCCCCC/C=C\CCCCCCCC. The third-order valence-electron chi connectivity index (χ3n) is 12.0. The standard InChI is InChI=1S/C62H105O11P/c1-4-7-10-13-16-19-22-25-28-29-32-35-38-41-44-47-50-53-62(66)73-59(55-69-60(64)51-48-45-42-39-36-33-30-26-23-20-17-14-11-8-5-2)57-71-74(67,68)70-56-58(54-63)72-61(65)52-49-46-43-40-37-34-31-27-24-21-18-15-12-9-6-3/h8-9,11-12,17-18,20-21,25-28,30-31,36,39,58-59,63H,4-7,10,13-16,19,22-24,29,32-35,37-38,40-57H2,1-3H3,(H,67,68)/b11-8-,12-9-,20-17-,21-18-,28-25-,30-26-,31-27-,39-36-. The minimum absolute atomic E-state index is 0.149. The van der Waals surface area contributed by atoms with Crippen molar-refractivity contribution in [1.29, 1.82) is 0 Å². The summed E-state index contributed by atoms with van der Waals surface area (Å²) in [6, 6.07) is 0. The molecule has 0 bridgehead atoms. The third-order valence-corrected chi connectivity index (χ3v) is 12.9. The Morgan fingerprint density at radius 3 is 1.12 bits per heavy atom. The molecule has 3 unspecified atom stereocenters.